The standard InChI is InChI=1S/C18H30O2/c19-3-1-13-5-11-7-15(13)17(9-11)18-10-12-6-14(2-4-20)16(18)8-12/h11-20H,1-10H2/t11-,12-,13+,14+,15+,16+,17-,18+/m0/s1. The molecule has 4 saturated carbocycles. The van der Waals surface area contributed by atoms with Gasteiger partial charge in [0.25, 0.3) is 0 Å². The Kier molecular flexibility index (Phi) is 3.58. The fourth-order valence-corrected chi connectivity index (χ4v) is 7.09. The van der Waals surface area contributed by atoms with Gasteiger partial charge in [-0.25, -0.2) is 0 Å². The number of hydrogen-bond donors (Lipinski definition) is 2. The molecule has 4 aliphatic carbocycles. The molecule has 0 spiro atoms. The summed E-state index contributed by atoms with van der Waals surface area (Å²) < 4.78 is 0. The Morgan fingerprint density at radius 3 is 1.30 bits per heavy atom. The average molecular weight is 278 g/mol. The minimum absolute atomic E-state index is 0.393. The highest BCUT2D eigenvalue weighted by molar-refractivity contribution is 5.04. The molecule has 0 unspecified atom stereocenters. The SMILES string of the molecule is OCC[C@@H]1C[C@@H]2C[C@H]([C@@H]3C[C@H]4C[C@@H](CCO)[C@H]3C4)[C@@H]1C2. The summed E-state index contributed by atoms with van der Waals surface area (Å²) in [5, 5.41) is 18.6. The summed E-state index contributed by atoms with van der Waals surface area (Å²) >= 11 is 0. The predicted molar refractivity (Wildman–Crippen MR) is 79.0 cm³/mol. The topological polar surface area (TPSA) is 40.5 Å². The number of hydrogen-bond acceptors (Lipinski definition) is 2. The Hall–Kier alpha value is -0.0800. The summed E-state index contributed by atoms with van der Waals surface area (Å²) in [6.45, 7) is 0.787. The van der Waals surface area contributed by atoms with E-state index in [4.69, 9.17) is 0 Å². The van der Waals surface area contributed by atoms with Crippen molar-refractivity contribution < 1.29 is 10.2 Å². The molecule has 0 heterocycles. The van der Waals surface area contributed by atoms with E-state index in [9.17, 15) is 10.2 Å². The van der Waals surface area contributed by atoms with Gasteiger partial charge in [-0.3, -0.25) is 0 Å². The first-order valence-corrected chi connectivity index (χ1v) is 9.01. The van der Waals surface area contributed by atoms with Gasteiger partial charge >= 0.3 is 0 Å². The van der Waals surface area contributed by atoms with Crippen molar-refractivity contribution in [3.8, 4) is 0 Å². The maximum Gasteiger partial charge on any atom is 0.0433 e. The van der Waals surface area contributed by atoms with Gasteiger partial charge in [0.1, 0.15) is 0 Å². The second-order valence-electron chi connectivity index (χ2n) is 8.35. The largest absolute Gasteiger partial charge is 0.396 e. The van der Waals surface area contributed by atoms with Crippen LogP contribution in [0.5, 0.6) is 0 Å². The number of fused-ring (bicyclic) bond motifs is 4. The van der Waals surface area contributed by atoms with Gasteiger partial charge in [0, 0.05) is 13.2 Å². The fourth-order valence-electron chi connectivity index (χ4n) is 7.09. The molecule has 0 aromatic rings. The monoisotopic (exact) mass is 278 g/mol. The van der Waals surface area contributed by atoms with Gasteiger partial charge in [-0.1, -0.05) is 0 Å². The maximum absolute atomic E-state index is 9.30. The maximum atomic E-state index is 9.30. The molecule has 2 N–H and O–H groups in total. The van der Waals surface area contributed by atoms with Crippen LogP contribution in [0.4, 0.5) is 0 Å². The zero-order chi connectivity index (χ0) is 13.7. The Morgan fingerprint density at radius 1 is 0.550 bits per heavy atom. The summed E-state index contributed by atoms with van der Waals surface area (Å²) in [6, 6.07) is 0. The normalized spacial score (nSPS) is 53.1. The molecule has 4 rings (SSSR count). The highest BCUT2D eigenvalue weighted by Gasteiger charge is 2.54. The summed E-state index contributed by atoms with van der Waals surface area (Å²) in [5.74, 6) is 7.45. The van der Waals surface area contributed by atoms with E-state index in [0.29, 0.717) is 13.2 Å². The molecule has 2 heteroatoms. The molecule has 0 saturated heterocycles. The molecule has 4 fully saturated rings. The average Bonchev–Trinajstić information content (AvgIpc) is 3.17. The first kappa shape index (κ1) is 13.6. The highest BCUT2D eigenvalue weighted by Crippen LogP contribution is 2.63. The van der Waals surface area contributed by atoms with E-state index in [1.807, 2.05) is 0 Å². The lowest BCUT2D eigenvalue weighted by Gasteiger charge is -2.39. The van der Waals surface area contributed by atoms with Crippen molar-refractivity contribution >= 4 is 0 Å². The summed E-state index contributed by atoms with van der Waals surface area (Å²) in [5.41, 5.74) is 0. The second-order valence-corrected chi connectivity index (χ2v) is 8.35. The van der Waals surface area contributed by atoms with Crippen LogP contribution in [0.3, 0.4) is 0 Å². The van der Waals surface area contributed by atoms with E-state index in [1.165, 1.54) is 38.5 Å². The Bertz CT molecular complexity index is 321. The van der Waals surface area contributed by atoms with Gasteiger partial charge in [-0.05, 0) is 98.7 Å². The van der Waals surface area contributed by atoms with Gasteiger partial charge in [-0.2, -0.15) is 0 Å². The van der Waals surface area contributed by atoms with Crippen LogP contribution in [0.25, 0.3) is 0 Å². The molecule has 2 nitrogen and oxygen atoms in total. The Morgan fingerprint density at radius 2 is 0.950 bits per heavy atom. The highest BCUT2D eigenvalue weighted by atomic mass is 16.3. The summed E-state index contributed by atoms with van der Waals surface area (Å²) in [4.78, 5) is 0. The molecule has 20 heavy (non-hydrogen) atoms. The second kappa shape index (κ2) is 5.28. The number of aliphatic hydroxyl groups is 2. The van der Waals surface area contributed by atoms with Crippen molar-refractivity contribution in [3.05, 3.63) is 0 Å². The van der Waals surface area contributed by atoms with Crippen LogP contribution in [0.2, 0.25) is 0 Å². The smallest absolute Gasteiger partial charge is 0.0433 e. The lowest BCUT2D eigenvalue weighted by Crippen LogP contribution is -2.33. The van der Waals surface area contributed by atoms with Gasteiger partial charge in [0.2, 0.25) is 0 Å². The molecule has 4 bridgehead atoms. The molecule has 0 amide bonds. The van der Waals surface area contributed by atoms with Crippen LogP contribution in [-0.2, 0) is 0 Å². The quantitative estimate of drug-likeness (QED) is 0.811. The first-order chi connectivity index (χ1) is 9.80. The fraction of sp³-hybridized carbons (Fsp3) is 1.00. The van der Waals surface area contributed by atoms with Crippen LogP contribution >= 0.6 is 0 Å². The lowest BCUT2D eigenvalue weighted by molar-refractivity contribution is 0.0799. The zero-order valence-electron chi connectivity index (χ0n) is 12.6. The lowest BCUT2D eigenvalue weighted by atomic mass is 9.66. The van der Waals surface area contributed by atoms with Crippen molar-refractivity contribution in [1.29, 1.82) is 0 Å². The van der Waals surface area contributed by atoms with E-state index in [0.717, 1.165) is 60.2 Å². The Labute approximate surface area is 123 Å². The minimum atomic E-state index is 0.393. The van der Waals surface area contributed by atoms with Crippen molar-refractivity contribution in [1.82, 2.24) is 0 Å². The number of aliphatic hydroxyl groups excluding tert-OH is 2. The molecule has 8 atom stereocenters. The van der Waals surface area contributed by atoms with Crippen LogP contribution < -0.4 is 0 Å². The predicted octanol–water partition coefficient (Wildman–Crippen LogP) is 3.08. The molecule has 0 radical (unpaired) electrons. The number of rotatable bonds is 5. The molecular weight excluding hydrogens is 248 g/mol. The molecular formula is C18H30O2. The van der Waals surface area contributed by atoms with Crippen molar-refractivity contribution in [2.24, 2.45) is 47.3 Å². The van der Waals surface area contributed by atoms with E-state index in [2.05, 4.69) is 0 Å². The van der Waals surface area contributed by atoms with E-state index < -0.39 is 0 Å². The van der Waals surface area contributed by atoms with Gasteiger partial charge in [-0.15, -0.1) is 0 Å². The zero-order valence-corrected chi connectivity index (χ0v) is 12.6. The summed E-state index contributed by atoms with van der Waals surface area (Å²) in [6.07, 6.45) is 10.8. The van der Waals surface area contributed by atoms with Crippen LogP contribution in [0.1, 0.15) is 51.4 Å². The van der Waals surface area contributed by atoms with Gasteiger partial charge in [0.05, 0.1) is 0 Å². The van der Waals surface area contributed by atoms with Crippen LogP contribution in [-0.4, -0.2) is 23.4 Å². The van der Waals surface area contributed by atoms with E-state index >= 15 is 0 Å². The van der Waals surface area contributed by atoms with Crippen LogP contribution in [0, 0.1) is 47.3 Å². The molecule has 0 aromatic heterocycles. The molecule has 0 aliphatic heterocycles. The molecule has 4 aliphatic rings. The summed E-state index contributed by atoms with van der Waals surface area (Å²) in [7, 11) is 0. The first-order valence-electron chi connectivity index (χ1n) is 9.01. The van der Waals surface area contributed by atoms with Crippen LogP contribution in [0.15, 0.2) is 0 Å². The molecule has 114 valence electrons. The van der Waals surface area contributed by atoms with Gasteiger partial charge < -0.3 is 10.2 Å². The minimum Gasteiger partial charge on any atom is -0.396 e. The third kappa shape index (κ3) is 2.06. The van der Waals surface area contributed by atoms with Crippen molar-refractivity contribution in [3.63, 3.8) is 0 Å². The third-order valence-electron chi connectivity index (χ3n) is 7.55. The Balaban J connectivity index is 1.46. The van der Waals surface area contributed by atoms with E-state index in [1.54, 1.807) is 0 Å². The van der Waals surface area contributed by atoms with E-state index in [-0.39, 0.29) is 0 Å². The molecule has 0 aromatic carbocycles. The van der Waals surface area contributed by atoms with Crippen molar-refractivity contribution in [2.75, 3.05) is 13.2 Å². The van der Waals surface area contributed by atoms with Gasteiger partial charge in [0.15, 0.2) is 0 Å². The van der Waals surface area contributed by atoms with Crippen molar-refractivity contribution in [2.45, 2.75) is 51.4 Å². The third-order valence-corrected chi connectivity index (χ3v) is 7.55.